The Hall–Kier alpha value is -4.13. The van der Waals surface area contributed by atoms with Crippen molar-refractivity contribution >= 4 is 22.4 Å². The topological polar surface area (TPSA) is 0 Å². The summed E-state index contributed by atoms with van der Waals surface area (Å²) in [5.41, 5.74) is 9.57. The molecule has 0 N–H and O–H groups in total. The Balaban J connectivity index is 1.64. The highest BCUT2D eigenvalue weighted by atomic mass is 35.5. The van der Waals surface area contributed by atoms with Gasteiger partial charge in [0.15, 0.2) is 0 Å². The van der Waals surface area contributed by atoms with Gasteiger partial charge in [0.1, 0.15) is 0 Å². The quantitative estimate of drug-likeness (QED) is 0.237. The van der Waals surface area contributed by atoms with Crippen molar-refractivity contribution in [3.8, 4) is 22.3 Å². The lowest BCUT2D eigenvalue weighted by Gasteiger charge is -2.35. The highest BCUT2D eigenvalue weighted by Gasteiger charge is 2.47. The van der Waals surface area contributed by atoms with Crippen LogP contribution in [-0.2, 0) is 5.41 Å². The van der Waals surface area contributed by atoms with Crippen LogP contribution in [-0.4, -0.2) is 0 Å². The Labute approximate surface area is 216 Å². The minimum absolute atomic E-state index is 0.486. The van der Waals surface area contributed by atoms with E-state index in [0.29, 0.717) is 0 Å². The zero-order valence-corrected chi connectivity index (χ0v) is 20.4. The Bertz CT molecular complexity index is 1750. The molecule has 0 aliphatic heterocycles. The van der Waals surface area contributed by atoms with Crippen LogP contribution in [0.4, 0.5) is 0 Å². The largest absolute Gasteiger partial charge is 0.0843 e. The third-order valence-electron chi connectivity index (χ3n) is 7.59. The van der Waals surface area contributed by atoms with Gasteiger partial charge in [0.05, 0.1) is 5.41 Å². The first-order valence-corrected chi connectivity index (χ1v) is 12.7. The molecule has 1 aliphatic rings. The highest BCUT2D eigenvalue weighted by molar-refractivity contribution is 6.30. The van der Waals surface area contributed by atoms with Gasteiger partial charge in [-0.1, -0.05) is 133 Å². The maximum atomic E-state index is 6.65. The molecule has 0 radical (unpaired) electrons. The smallest absolute Gasteiger partial charge is 0.0720 e. The van der Waals surface area contributed by atoms with Crippen molar-refractivity contribution in [1.82, 2.24) is 0 Å². The van der Waals surface area contributed by atoms with E-state index in [4.69, 9.17) is 11.6 Å². The molecule has 0 bridgehead atoms. The zero-order chi connectivity index (χ0) is 24.1. The summed E-state index contributed by atoms with van der Waals surface area (Å²) < 4.78 is 0. The van der Waals surface area contributed by atoms with Gasteiger partial charge in [-0.15, -0.1) is 0 Å². The molecule has 0 spiro atoms. The molecule has 6 aromatic rings. The number of fused-ring (bicyclic) bond motifs is 4. The lowest BCUT2D eigenvalue weighted by molar-refractivity contribution is 0.770. The van der Waals surface area contributed by atoms with Gasteiger partial charge in [-0.2, -0.15) is 0 Å². The van der Waals surface area contributed by atoms with Crippen LogP contribution in [0.15, 0.2) is 140 Å². The van der Waals surface area contributed by atoms with Gasteiger partial charge in [0.25, 0.3) is 0 Å². The minimum Gasteiger partial charge on any atom is -0.0843 e. The SMILES string of the molecule is Clc1cccc(C2(c3ccccc3)c3ccccc3-c3cccc(-c4ccc5ccccc5c4)c32)c1. The van der Waals surface area contributed by atoms with Crippen molar-refractivity contribution < 1.29 is 0 Å². The standard InChI is InChI=1S/C35H23Cl/c36-29-15-8-14-28(23-29)35(27-12-2-1-3-13-27)33-19-7-6-16-31(33)32-18-9-17-30(34(32)35)26-21-20-24-10-4-5-11-25(24)22-26/h1-23H. The van der Waals surface area contributed by atoms with E-state index in [1.807, 2.05) is 6.07 Å². The number of benzene rings is 6. The Morgan fingerprint density at radius 3 is 1.97 bits per heavy atom. The van der Waals surface area contributed by atoms with E-state index in [2.05, 4.69) is 133 Å². The molecule has 36 heavy (non-hydrogen) atoms. The van der Waals surface area contributed by atoms with Crippen molar-refractivity contribution in [3.63, 3.8) is 0 Å². The summed E-state index contributed by atoms with van der Waals surface area (Å²) in [7, 11) is 0. The molecule has 1 aliphatic carbocycles. The van der Waals surface area contributed by atoms with Crippen molar-refractivity contribution in [1.29, 1.82) is 0 Å². The summed E-state index contributed by atoms with van der Waals surface area (Å²) in [5.74, 6) is 0. The number of hydrogen-bond donors (Lipinski definition) is 0. The van der Waals surface area contributed by atoms with Gasteiger partial charge in [0, 0.05) is 5.02 Å². The van der Waals surface area contributed by atoms with E-state index < -0.39 is 5.41 Å². The summed E-state index contributed by atoms with van der Waals surface area (Å²) in [6, 6.07) is 50.2. The molecule has 1 heteroatoms. The van der Waals surface area contributed by atoms with Crippen molar-refractivity contribution in [2.24, 2.45) is 0 Å². The van der Waals surface area contributed by atoms with Crippen LogP contribution in [0.1, 0.15) is 22.3 Å². The lowest BCUT2D eigenvalue weighted by atomic mass is 9.66. The third kappa shape index (κ3) is 3.02. The van der Waals surface area contributed by atoms with Crippen LogP contribution >= 0.6 is 11.6 Å². The maximum Gasteiger partial charge on any atom is 0.0720 e. The van der Waals surface area contributed by atoms with Crippen LogP contribution < -0.4 is 0 Å². The van der Waals surface area contributed by atoms with E-state index >= 15 is 0 Å². The van der Waals surface area contributed by atoms with E-state index in [0.717, 1.165) is 5.02 Å². The van der Waals surface area contributed by atoms with Crippen LogP contribution in [0.5, 0.6) is 0 Å². The van der Waals surface area contributed by atoms with E-state index in [-0.39, 0.29) is 0 Å². The average molecular weight is 479 g/mol. The van der Waals surface area contributed by atoms with Gasteiger partial charge >= 0.3 is 0 Å². The van der Waals surface area contributed by atoms with E-state index in [9.17, 15) is 0 Å². The van der Waals surface area contributed by atoms with Gasteiger partial charge in [0.2, 0.25) is 0 Å². The highest BCUT2D eigenvalue weighted by Crippen LogP contribution is 2.58. The first-order valence-electron chi connectivity index (χ1n) is 12.3. The van der Waals surface area contributed by atoms with Crippen LogP contribution in [0.3, 0.4) is 0 Å². The molecular formula is C35H23Cl. The monoisotopic (exact) mass is 478 g/mol. The second-order valence-corrected chi connectivity index (χ2v) is 9.90. The predicted octanol–water partition coefficient (Wildman–Crippen LogP) is 9.52. The molecule has 0 amide bonds. The summed E-state index contributed by atoms with van der Waals surface area (Å²) >= 11 is 6.65. The third-order valence-corrected chi connectivity index (χ3v) is 7.82. The van der Waals surface area contributed by atoms with Gasteiger partial charge in [-0.25, -0.2) is 0 Å². The second-order valence-electron chi connectivity index (χ2n) is 9.46. The molecule has 0 aromatic heterocycles. The molecule has 1 unspecified atom stereocenters. The fraction of sp³-hybridized carbons (Fsp3) is 0.0286. The molecule has 0 saturated carbocycles. The first-order chi connectivity index (χ1) is 17.8. The Morgan fingerprint density at radius 1 is 0.444 bits per heavy atom. The first kappa shape index (κ1) is 21.2. The maximum absolute atomic E-state index is 6.65. The fourth-order valence-electron chi connectivity index (χ4n) is 6.13. The molecule has 170 valence electrons. The van der Waals surface area contributed by atoms with Crippen molar-refractivity contribution in [3.05, 3.63) is 167 Å². The molecule has 0 heterocycles. The predicted molar refractivity (Wildman–Crippen MR) is 152 cm³/mol. The number of hydrogen-bond acceptors (Lipinski definition) is 0. The van der Waals surface area contributed by atoms with Gasteiger partial charge in [-0.3, -0.25) is 0 Å². The summed E-state index contributed by atoms with van der Waals surface area (Å²) in [5, 5.41) is 3.24. The van der Waals surface area contributed by atoms with Gasteiger partial charge < -0.3 is 0 Å². The second kappa shape index (κ2) is 8.22. The summed E-state index contributed by atoms with van der Waals surface area (Å²) in [4.78, 5) is 0. The van der Waals surface area contributed by atoms with E-state index in [1.165, 1.54) is 55.3 Å². The molecule has 1 atom stereocenters. The normalized spacial score (nSPS) is 16.0. The average Bonchev–Trinajstić information content (AvgIpc) is 3.25. The van der Waals surface area contributed by atoms with Crippen LogP contribution in [0.25, 0.3) is 33.0 Å². The summed E-state index contributed by atoms with van der Waals surface area (Å²) in [6.07, 6.45) is 0. The number of rotatable bonds is 3. The molecule has 0 fully saturated rings. The van der Waals surface area contributed by atoms with Crippen LogP contribution in [0, 0.1) is 0 Å². The van der Waals surface area contributed by atoms with Crippen molar-refractivity contribution in [2.45, 2.75) is 5.41 Å². The zero-order valence-electron chi connectivity index (χ0n) is 19.7. The number of halogens is 1. The van der Waals surface area contributed by atoms with Gasteiger partial charge in [-0.05, 0) is 73.5 Å². The lowest BCUT2D eigenvalue weighted by Crippen LogP contribution is -2.29. The van der Waals surface area contributed by atoms with Crippen LogP contribution in [0.2, 0.25) is 5.02 Å². The Kier molecular flexibility index (Phi) is 4.84. The molecule has 6 aromatic carbocycles. The Morgan fingerprint density at radius 2 is 1.11 bits per heavy atom. The fourth-order valence-corrected chi connectivity index (χ4v) is 6.32. The molecular weight excluding hydrogens is 456 g/mol. The van der Waals surface area contributed by atoms with E-state index in [1.54, 1.807) is 0 Å². The van der Waals surface area contributed by atoms with Crippen molar-refractivity contribution in [2.75, 3.05) is 0 Å². The molecule has 0 nitrogen and oxygen atoms in total. The summed E-state index contributed by atoms with van der Waals surface area (Å²) in [6.45, 7) is 0. The molecule has 7 rings (SSSR count). The minimum atomic E-state index is -0.486. The molecule has 0 saturated heterocycles.